The predicted molar refractivity (Wildman–Crippen MR) is 177 cm³/mol. The van der Waals surface area contributed by atoms with E-state index in [-0.39, 0.29) is 24.1 Å². The van der Waals surface area contributed by atoms with Gasteiger partial charge in [0.1, 0.15) is 6.61 Å². The van der Waals surface area contributed by atoms with Crippen molar-refractivity contribution in [1.29, 1.82) is 0 Å². The van der Waals surface area contributed by atoms with Crippen molar-refractivity contribution >= 4 is 110 Å². The first-order chi connectivity index (χ1) is 20.4. The molecule has 2 aliphatic heterocycles. The van der Waals surface area contributed by atoms with E-state index < -0.39 is 19.7 Å². The second-order valence-corrected chi connectivity index (χ2v) is 14.8. The normalized spacial score (nSPS) is 16.3. The molecule has 2 heterocycles. The number of ketones is 1. The minimum atomic E-state index is -1.92. The second-order valence-electron chi connectivity index (χ2n) is 9.14. The number of hydrogen-bond donors (Lipinski definition) is 1. The van der Waals surface area contributed by atoms with Crippen LogP contribution in [0.1, 0.15) is 32.4 Å². The zero-order valence-electron chi connectivity index (χ0n) is 21.8. The summed E-state index contributed by atoms with van der Waals surface area (Å²) in [6.45, 7) is 0.425. The Balaban J connectivity index is 1.26. The van der Waals surface area contributed by atoms with Gasteiger partial charge in [0.05, 0.1) is 22.8 Å². The van der Waals surface area contributed by atoms with E-state index in [1.54, 1.807) is 42.5 Å². The van der Waals surface area contributed by atoms with Gasteiger partial charge >= 0.3 is 5.97 Å². The SMILES string of the molecule is O=C(/C=C1\Sc2ccccc2N1CCOC(=O)c1ccc(C2N=C(C(Cl)(Cl)Cl)NC(C(Cl)(Cl)Cl)=N2)cc1)c1ccccc1. The number of ether oxygens (including phenoxy) is 1. The number of carbonyl (C=O) groups is 2. The zero-order chi connectivity index (χ0) is 30.8. The number of thioether (sulfide) groups is 1. The van der Waals surface area contributed by atoms with Crippen LogP contribution in [0.4, 0.5) is 5.69 Å². The summed E-state index contributed by atoms with van der Waals surface area (Å²) in [5.41, 5.74) is 2.39. The van der Waals surface area contributed by atoms with E-state index in [1.165, 1.54) is 11.8 Å². The summed E-state index contributed by atoms with van der Waals surface area (Å²) in [4.78, 5) is 37.4. The van der Waals surface area contributed by atoms with Crippen LogP contribution in [0.15, 0.2) is 105 Å². The highest BCUT2D eigenvalue weighted by Gasteiger charge is 2.39. The fourth-order valence-electron chi connectivity index (χ4n) is 4.18. The molecule has 0 aromatic heterocycles. The lowest BCUT2D eigenvalue weighted by Gasteiger charge is -2.27. The molecule has 0 amide bonds. The van der Waals surface area contributed by atoms with Crippen molar-refractivity contribution in [3.63, 3.8) is 0 Å². The molecule has 222 valence electrons. The number of hydrogen-bond acceptors (Lipinski definition) is 8. The Morgan fingerprint density at radius 1 is 0.837 bits per heavy atom. The van der Waals surface area contributed by atoms with Gasteiger partial charge in [-0.25, -0.2) is 14.8 Å². The van der Waals surface area contributed by atoms with Crippen LogP contribution in [0.25, 0.3) is 0 Å². The molecule has 0 saturated carbocycles. The first-order valence-electron chi connectivity index (χ1n) is 12.6. The van der Waals surface area contributed by atoms with Gasteiger partial charge in [-0.15, -0.1) is 0 Å². The smallest absolute Gasteiger partial charge is 0.338 e. The number of esters is 1. The molecular formula is C29H20Cl6N4O3S. The van der Waals surface area contributed by atoms with Crippen LogP contribution >= 0.6 is 81.4 Å². The molecular weight excluding hydrogens is 697 g/mol. The highest BCUT2D eigenvalue weighted by molar-refractivity contribution is 8.03. The lowest BCUT2D eigenvalue weighted by atomic mass is 10.1. The maximum atomic E-state index is 12.9. The number of rotatable bonds is 7. The van der Waals surface area contributed by atoms with E-state index in [9.17, 15) is 9.59 Å². The van der Waals surface area contributed by atoms with E-state index in [4.69, 9.17) is 74.3 Å². The number of allylic oxidation sites excluding steroid dienone is 1. The lowest BCUT2D eigenvalue weighted by Crippen LogP contribution is -2.47. The van der Waals surface area contributed by atoms with Crippen LogP contribution in [-0.4, -0.2) is 44.2 Å². The first-order valence-corrected chi connectivity index (χ1v) is 15.7. The molecule has 14 heteroatoms. The van der Waals surface area contributed by atoms with Gasteiger partial charge < -0.3 is 15.0 Å². The maximum absolute atomic E-state index is 12.9. The number of para-hydroxylation sites is 1. The monoisotopic (exact) mass is 714 g/mol. The largest absolute Gasteiger partial charge is 0.460 e. The molecule has 0 bridgehead atoms. The van der Waals surface area contributed by atoms with Crippen LogP contribution in [-0.2, 0) is 4.74 Å². The molecule has 1 N–H and O–H groups in total. The number of anilines is 1. The molecule has 0 radical (unpaired) electrons. The Bertz CT molecular complexity index is 1590. The van der Waals surface area contributed by atoms with Gasteiger partial charge in [-0.2, -0.15) is 0 Å². The molecule has 7 nitrogen and oxygen atoms in total. The number of aliphatic imine (C=N–C) groups is 2. The Kier molecular flexibility index (Phi) is 9.88. The third kappa shape index (κ3) is 7.81. The fourth-order valence-corrected chi connectivity index (χ4v) is 5.88. The summed E-state index contributed by atoms with van der Waals surface area (Å²) in [5, 5.41) is 3.39. The van der Waals surface area contributed by atoms with E-state index in [1.807, 2.05) is 47.4 Å². The molecule has 43 heavy (non-hydrogen) atoms. The van der Waals surface area contributed by atoms with E-state index in [0.29, 0.717) is 23.2 Å². The summed E-state index contributed by atoms with van der Waals surface area (Å²) in [7, 11) is 0. The van der Waals surface area contributed by atoms with Crippen LogP contribution < -0.4 is 10.2 Å². The molecule has 3 aromatic carbocycles. The van der Waals surface area contributed by atoms with E-state index in [0.717, 1.165) is 15.6 Å². The minimum Gasteiger partial charge on any atom is -0.460 e. The molecule has 0 saturated heterocycles. The van der Waals surface area contributed by atoms with Crippen molar-refractivity contribution in [3.8, 4) is 0 Å². The third-order valence-corrected chi connectivity index (χ3v) is 8.41. The Morgan fingerprint density at radius 2 is 1.44 bits per heavy atom. The van der Waals surface area contributed by atoms with Gasteiger partial charge in [0.25, 0.3) is 0 Å². The summed E-state index contributed by atoms with van der Waals surface area (Å²) in [6, 6.07) is 23.3. The number of benzene rings is 3. The summed E-state index contributed by atoms with van der Waals surface area (Å²) < 4.78 is 1.74. The number of carbonyl (C=O) groups excluding carboxylic acids is 2. The fraction of sp³-hybridized carbons (Fsp3) is 0.172. The standard InChI is InChI=1S/C29H20Cl6N4O3S/c30-28(31,32)26-36-24(37-27(38-26)29(33,34)35)18-10-12-19(13-11-18)25(41)42-15-14-39-20-8-4-5-9-22(20)43-23(39)16-21(40)17-6-2-1-3-7-17/h1-13,16,24H,14-15H2,(H,36,37,38)/b23-16-. The molecule has 0 fully saturated rings. The minimum absolute atomic E-state index is 0.0668. The quantitative estimate of drug-likeness (QED) is 0.115. The highest BCUT2D eigenvalue weighted by Crippen LogP contribution is 2.45. The van der Waals surface area contributed by atoms with E-state index >= 15 is 0 Å². The van der Waals surface area contributed by atoms with Gasteiger partial charge in [-0.3, -0.25) is 4.79 Å². The molecule has 0 aliphatic carbocycles. The molecule has 0 atom stereocenters. The average molecular weight is 717 g/mol. The molecule has 2 aliphatic rings. The molecule has 0 unspecified atom stereocenters. The Hall–Kier alpha value is -2.43. The zero-order valence-corrected chi connectivity index (χ0v) is 27.2. The lowest BCUT2D eigenvalue weighted by molar-refractivity contribution is 0.0516. The number of fused-ring (bicyclic) bond motifs is 1. The molecule has 0 spiro atoms. The van der Waals surface area contributed by atoms with Crippen molar-refractivity contribution in [2.45, 2.75) is 18.6 Å². The molecule has 3 aromatic rings. The third-order valence-electron chi connectivity index (χ3n) is 6.22. The van der Waals surface area contributed by atoms with Crippen LogP contribution in [0.3, 0.4) is 0 Å². The van der Waals surface area contributed by atoms with Gasteiger partial charge in [0, 0.05) is 16.5 Å². The first kappa shape index (κ1) is 32.0. The molecule has 5 rings (SSSR count). The predicted octanol–water partition coefficient (Wildman–Crippen LogP) is 8.32. The number of amidine groups is 2. The van der Waals surface area contributed by atoms with Gasteiger partial charge in [-0.05, 0) is 29.8 Å². The Morgan fingerprint density at radius 3 is 2.07 bits per heavy atom. The maximum Gasteiger partial charge on any atom is 0.338 e. The van der Waals surface area contributed by atoms with Crippen LogP contribution in [0, 0.1) is 0 Å². The number of halogens is 6. The highest BCUT2D eigenvalue weighted by atomic mass is 35.6. The van der Waals surface area contributed by atoms with Crippen molar-refractivity contribution < 1.29 is 14.3 Å². The Labute approximate surface area is 281 Å². The van der Waals surface area contributed by atoms with Crippen molar-refractivity contribution in [2.75, 3.05) is 18.1 Å². The van der Waals surface area contributed by atoms with Crippen molar-refractivity contribution in [3.05, 3.63) is 107 Å². The topological polar surface area (TPSA) is 83.4 Å². The van der Waals surface area contributed by atoms with Crippen LogP contribution in [0.2, 0.25) is 0 Å². The number of alkyl halides is 6. The van der Waals surface area contributed by atoms with Crippen molar-refractivity contribution in [2.24, 2.45) is 9.98 Å². The van der Waals surface area contributed by atoms with Crippen molar-refractivity contribution in [1.82, 2.24) is 5.32 Å². The summed E-state index contributed by atoms with van der Waals surface area (Å²) >= 11 is 37.5. The summed E-state index contributed by atoms with van der Waals surface area (Å²) in [5.74, 6) is -0.771. The van der Waals surface area contributed by atoms with E-state index in [2.05, 4.69) is 15.3 Å². The second kappa shape index (κ2) is 13.3. The van der Waals surface area contributed by atoms with Gasteiger partial charge in [0.2, 0.25) is 7.59 Å². The number of nitrogens with one attached hydrogen (secondary N) is 1. The summed E-state index contributed by atoms with van der Waals surface area (Å²) in [6.07, 6.45) is 0.716. The van der Waals surface area contributed by atoms with Gasteiger partial charge in [-0.1, -0.05) is 136 Å². The average Bonchev–Trinajstić information content (AvgIpc) is 3.33. The van der Waals surface area contributed by atoms with Crippen LogP contribution in [0.5, 0.6) is 0 Å². The number of nitrogens with zero attached hydrogens (tertiary/aromatic N) is 3. The van der Waals surface area contributed by atoms with Gasteiger partial charge in [0.15, 0.2) is 23.6 Å².